The van der Waals surface area contributed by atoms with Gasteiger partial charge in [-0.25, -0.2) is 0 Å². The van der Waals surface area contributed by atoms with E-state index in [2.05, 4.69) is 6.92 Å². The lowest BCUT2D eigenvalue weighted by molar-refractivity contribution is -0.152. The van der Waals surface area contributed by atoms with Crippen molar-refractivity contribution in [3.8, 4) is 0 Å². The van der Waals surface area contributed by atoms with Crippen LogP contribution in [0.3, 0.4) is 0 Å². The quantitative estimate of drug-likeness (QED) is 0.313. The largest absolute Gasteiger partial charge is 0.481 e. The Morgan fingerprint density at radius 3 is 1.93 bits per heavy atom. The summed E-state index contributed by atoms with van der Waals surface area (Å²) < 4.78 is 0. The number of unbranched alkanes of at least 4 members (excludes halogenated alkanes) is 5. The smallest absolute Gasteiger partial charge is 0.310 e. The van der Waals surface area contributed by atoms with Gasteiger partial charge in [0.15, 0.2) is 5.78 Å². The van der Waals surface area contributed by atoms with Crippen LogP contribution in [0.2, 0.25) is 0 Å². The molecule has 1 aromatic rings. The lowest BCUT2D eigenvalue weighted by Crippen LogP contribution is -2.43. The summed E-state index contributed by atoms with van der Waals surface area (Å²) in [5.74, 6) is -1.43. The average Bonchev–Trinajstić information content (AvgIpc) is 2.56. The lowest BCUT2D eigenvalue weighted by Gasteiger charge is -2.36. The number of ketones is 1. The Morgan fingerprint density at radius 2 is 1.46 bits per heavy atom. The summed E-state index contributed by atoms with van der Waals surface area (Å²) in [4.78, 5) is 25.9. The Morgan fingerprint density at radius 1 is 0.964 bits per heavy atom. The van der Waals surface area contributed by atoms with Crippen LogP contribution < -0.4 is 0 Å². The molecule has 3 heteroatoms. The number of carbonyl (C=O) groups excluding carboxylic acids is 1. The molecule has 2 unspecified atom stereocenters. The van der Waals surface area contributed by atoms with E-state index >= 15 is 0 Å². The molecule has 0 aliphatic rings. The van der Waals surface area contributed by atoms with Crippen molar-refractivity contribution in [3.05, 3.63) is 34.4 Å². The Bertz CT molecular complexity index is 651. The van der Waals surface area contributed by atoms with Crippen molar-refractivity contribution in [1.29, 1.82) is 0 Å². The van der Waals surface area contributed by atoms with Gasteiger partial charge in [0.1, 0.15) is 0 Å². The first-order valence-corrected chi connectivity index (χ1v) is 10.9. The van der Waals surface area contributed by atoms with Gasteiger partial charge >= 0.3 is 5.97 Å². The Hall–Kier alpha value is -1.64. The molecule has 3 nitrogen and oxygen atoms in total. The average molecular weight is 389 g/mol. The molecule has 0 aromatic heterocycles. The molecule has 0 amide bonds. The highest BCUT2D eigenvalue weighted by atomic mass is 16.4. The summed E-state index contributed by atoms with van der Waals surface area (Å²) in [5, 5.41) is 10.1. The summed E-state index contributed by atoms with van der Waals surface area (Å²) in [7, 11) is 0. The van der Waals surface area contributed by atoms with Gasteiger partial charge in [-0.05, 0) is 51.2 Å². The number of Topliss-reactive ketones (excluding diaryl/α,β-unsaturated/α-hetero) is 1. The van der Waals surface area contributed by atoms with E-state index in [1.165, 1.54) is 19.3 Å². The van der Waals surface area contributed by atoms with Crippen LogP contribution in [0.5, 0.6) is 0 Å². The molecule has 0 saturated carbocycles. The van der Waals surface area contributed by atoms with E-state index in [9.17, 15) is 14.7 Å². The van der Waals surface area contributed by atoms with E-state index in [1.807, 2.05) is 46.8 Å². The molecule has 0 saturated heterocycles. The molecule has 28 heavy (non-hydrogen) atoms. The SMILES string of the molecule is CCCCCCCCC(C)(C(=O)O)C(C(=O)c1c(C)cc(C)cc1C)C(C)C. The summed E-state index contributed by atoms with van der Waals surface area (Å²) in [6, 6.07) is 4.03. The number of carboxylic acids is 1. The molecule has 0 aliphatic carbocycles. The highest BCUT2D eigenvalue weighted by molar-refractivity contribution is 6.03. The molecule has 2 atom stereocenters. The second kappa shape index (κ2) is 10.8. The summed E-state index contributed by atoms with van der Waals surface area (Å²) in [6.07, 6.45) is 7.21. The minimum absolute atomic E-state index is 0.0131. The molecule has 1 N–H and O–H groups in total. The number of rotatable bonds is 12. The van der Waals surface area contributed by atoms with Crippen molar-refractivity contribution in [2.75, 3.05) is 0 Å². The van der Waals surface area contributed by atoms with Gasteiger partial charge in [-0.2, -0.15) is 0 Å². The second-order valence-electron chi connectivity index (χ2n) is 9.10. The van der Waals surface area contributed by atoms with E-state index in [4.69, 9.17) is 0 Å². The first kappa shape index (κ1) is 24.4. The number of hydrogen-bond acceptors (Lipinski definition) is 2. The van der Waals surface area contributed by atoms with E-state index in [0.717, 1.165) is 36.0 Å². The summed E-state index contributed by atoms with van der Waals surface area (Å²) in [5.41, 5.74) is 2.68. The monoisotopic (exact) mass is 388 g/mol. The number of carboxylic acid groups (broad SMARTS) is 1. The predicted octanol–water partition coefficient (Wildman–Crippen LogP) is 6.91. The summed E-state index contributed by atoms with van der Waals surface area (Å²) in [6.45, 7) is 13.9. The molecular weight excluding hydrogens is 348 g/mol. The fourth-order valence-corrected chi connectivity index (χ4v) is 4.72. The Labute approximate surface area is 171 Å². The van der Waals surface area contributed by atoms with Gasteiger partial charge in [0.25, 0.3) is 0 Å². The molecule has 1 rings (SSSR count). The normalized spacial score (nSPS) is 14.7. The molecule has 0 aliphatic heterocycles. The van der Waals surface area contributed by atoms with E-state index in [1.54, 1.807) is 6.92 Å². The second-order valence-corrected chi connectivity index (χ2v) is 9.10. The maximum Gasteiger partial charge on any atom is 0.310 e. The van der Waals surface area contributed by atoms with Crippen molar-refractivity contribution >= 4 is 11.8 Å². The van der Waals surface area contributed by atoms with Gasteiger partial charge in [0, 0.05) is 11.5 Å². The van der Waals surface area contributed by atoms with E-state index in [-0.39, 0.29) is 11.7 Å². The minimum Gasteiger partial charge on any atom is -0.481 e. The topological polar surface area (TPSA) is 54.4 Å². The first-order valence-electron chi connectivity index (χ1n) is 10.9. The van der Waals surface area contributed by atoms with Crippen LogP contribution in [-0.4, -0.2) is 16.9 Å². The third-order valence-electron chi connectivity index (χ3n) is 6.10. The van der Waals surface area contributed by atoms with Crippen LogP contribution in [-0.2, 0) is 4.79 Å². The van der Waals surface area contributed by atoms with Crippen LogP contribution in [0.15, 0.2) is 12.1 Å². The summed E-state index contributed by atoms with van der Waals surface area (Å²) >= 11 is 0. The Balaban J connectivity index is 3.14. The van der Waals surface area contributed by atoms with Gasteiger partial charge in [0.2, 0.25) is 0 Å². The Kier molecular flexibility index (Phi) is 9.39. The van der Waals surface area contributed by atoms with Crippen LogP contribution in [0.4, 0.5) is 0 Å². The lowest BCUT2D eigenvalue weighted by atomic mass is 9.65. The molecule has 0 spiro atoms. The molecule has 158 valence electrons. The fourth-order valence-electron chi connectivity index (χ4n) is 4.72. The van der Waals surface area contributed by atoms with Crippen molar-refractivity contribution in [2.24, 2.45) is 17.3 Å². The first-order chi connectivity index (χ1) is 13.1. The van der Waals surface area contributed by atoms with Gasteiger partial charge in [-0.15, -0.1) is 0 Å². The third kappa shape index (κ3) is 5.93. The highest BCUT2D eigenvalue weighted by Gasteiger charge is 2.47. The highest BCUT2D eigenvalue weighted by Crippen LogP contribution is 2.41. The van der Waals surface area contributed by atoms with Crippen LogP contribution >= 0.6 is 0 Å². The standard InChI is InChI=1S/C25H40O3/c1-8-9-10-11-12-13-14-25(7,24(27)28)22(17(2)3)23(26)21-19(5)15-18(4)16-20(21)6/h15-17,22H,8-14H2,1-7H3,(H,27,28). The number of carbonyl (C=O) groups is 2. The van der Waals surface area contributed by atoms with E-state index < -0.39 is 17.3 Å². The zero-order valence-electron chi connectivity index (χ0n) is 19.0. The third-order valence-corrected chi connectivity index (χ3v) is 6.10. The van der Waals surface area contributed by atoms with Crippen molar-refractivity contribution in [3.63, 3.8) is 0 Å². The van der Waals surface area contributed by atoms with Crippen LogP contribution in [0, 0.1) is 38.0 Å². The maximum absolute atomic E-state index is 13.6. The van der Waals surface area contributed by atoms with E-state index in [0.29, 0.717) is 12.0 Å². The fraction of sp³-hybridized carbons (Fsp3) is 0.680. The van der Waals surface area contributed by atoms with Gasteiger partial charge in [-0.1, -0.05) is 77.0 Å². The van der Waals surface area contributed by atoms with Crippen molar-refractivity contribution < 1.29 is 14.7 Å². The number of aryl methyl sites for hydroxylation is 3. The number of hydrogen-bond donors (Lipinski definition) is 1. The molecule has 1 aromatic carbocycles. The molecular formula is C25H40O3. The zero-order chi connectivity index (χ0) is 21.5. The molecule has 0 fully saturated rings. The van der Waals surface area contributed by atoms with Crippen molar-refractivity contribution in [1.82, 2.24) is 0 Å². The molecule has 0 radical (unpaired) electrons. The van der Waals surface area contributed by atoms with Gasteiger partial charge in [0.05, 0.1) is 5.41 Å². The zero-order valence-corrected chi connectivity index (χ0v) is 19.0. The predicted molar refractivity (Wildman–Crippen MR) is 117 cm³/mol. The van der Waals surface area contributed by atoms with Gasteiger partial charge in [-0.3, -0.25) is 9.59 Å². The number of benzene rings is 1. The maximum atomic E-state index is 13.6. The van der Waals surface area contributed by atoms with Crippen molar-refractivity contribution in [2.45, 2.75) is 93.4 Å². The molecule has 0 bridgehead atoms. The number of aliphatic carboxylic acids is 1. The van der Waals surface area contributed by atoms with Gasteiger partial charge < -0.3 is 5.11 Å². The molecule has 0 heterocycles. The minimum atomic E-state index is -1.04. The van der Waals surface area contributed by atoms with Crippen LogP contribution in [0.25, 0.3) is 0 Å². The van der Waals surface area contributed by atoms with Crippen LogP contribution in [0.1, 0.15) is 99.7 Å².